The first-order valence-electron chi connectivity index (χ1n) is 4.26. The van der Waals surface area contributed by atoms with Gasteiger partial charge in [0.05, 0.1) is 6.42 Å². The summed E-state index contributed by atoms with van der Waals surface area (Å²) in [5.41, 5.74) is 0. The third-order valence-corrected chi connectivity index (χ3v) is 2.22. The van der Waals surface area contributed by atoms with Crippen molar-refractivity contribution in [1.29, 1.82) is 0 Å². The molecule has 1 fully saturated rings. The zero-order valence-corrected chi connectivity index (χ0v) is 7.19. The second-order valence-corrected chi connectivity index (χ2v) is 3.56. The number of rotatable bonds is 2. The molecule has 1 nitrogen and oxygen atoms in total. The third-order valence-electron chi connectivity index (χ3n) is 2.22. The molecular formula is C8H14F3N. The summed E-state index contributed by atoms with van der Waals surface area (Å²) in [5, 5.41) is 0. The van der Waals surface area contributed by atoms with Gasteiger partial charge in [-0.2, -0.15) is 13.2 Å². The number of halogens is 3. The van der Waals surface area contributed by atoms with Crippen molar-refractivity contribution in [3.05, 3.63) is 0 Å². The van der Waals surface area contributed by atoms with Crippen molar-refractivity contribution in [3.63, 3.8) is 0 Å². The quantitative estimate of drug-likeness (QED) is 0.631. The van der Waals surface area contributed by atoms with Crippen molar-refractivity contribution in [2.75, 3.05) is 19.6 Å². The van der Waals surface area contributed by atoms with Gasteiger partial charge in [0.2, 0.25) is 0 Å². The smallest absolute Gasteiger partial charge is 0.303 e. The van der Waals surface area contributed by atoms with Crippen molar-refractivity contribution in [2.45, 2.75) is 25.9 Å². The Morgan fingerprint density at radius 2 is 2.08 bits per heavy atom. The number of alkyl halides is 3. The van der Waals surface area contributed by atoms with Crippen LogP contribution in [-0.2, 0) is 0 Å². The lowest BCUT2D eigenvalue weighted by Gasteiger charge is -2.15. The Kier molecular flexibility index (Phi) is 2.99. The molecule has 1 atom stereocenters. The third kappa shape index (κ3) is 3.43. The Balaban J connectivity index is 2.16. The maximum atomic E-state index is 11.8. The fourth-order valence-corrected chi connectivity index (χ4v) is 1.51. The van der Waals surface area contributed by atoms with E-state index in [4.69, 9.17) is 0 Å². The van der Waals surface area contributed by atoms with Gasteiger partial charge >= 0.3 is 6.18 Å². The molecule has 1 heterocycles. The maximum absolute atomic E-state index is 11.8. The number of hydrogen-bond donors (Lipinski definition) is 0. The van der Waals surface area contributed by atoms with E-state index in [2.05, 4.69) is 6.92 Å². The standard InChI is InChI=1S/C8H14F3N/c1-7-2-4-12(6-7)5-3-8(9,10)11/h7H,2-6H2,1H3. The molecule has 0 aromatic carbocycles. The summed E-state index contributed by atoms with van der Waals surface area (Å²) in [5.74, 6) is 0.568. The highest BCUT2D eigenvalue weighted by Gasteiger charge is 2.29. The molecule has 12 heavy (non-hydrogen) atoms. The largest absolute Gasteiger partial charge is 0.390 e. The first-order valence-corrected chi connectivity index (χ1v) is 4.26. The SMILES string of the molecule is CC1CCN(CCC(F)(F)F)C1. The Hall–Kier alpha value is -0.250. The minimum atomic E-state index is -3.99. The molecule has 0 N–H and O–H groups in total. The molecular weight excluding hydrogens is 167 g/mol. The lowest BCUT2D eigenvalue weighted by molar-refractivity contribution is -0.137. The highest BCUT2D eigenvalue weighted by atomic mass is 19.4. The van der Waals surface area contributed by atoms with E-state index in [-0.39, 0.29) is 6.54 Å². The van der Waals surface area contributed by atoms with E-state index in [9.17, 15) is 13.2 Å². The van der Waals surface area contributed by atoms with Crippen molar-refractivity contribution in [2.24, 2.45) is 5.92 Å². The summed E-state index contributed by atoms with van der Waals surface area (Å²) in [6.07, 6.45) is -3.62. The van der Waals surface area contributed by atoms with E-state index in [1.54, 1.807) is 0 Å². The molecule has 0 radical (unpaired) electrons. The first kappa shape index (κ1) is 9.84. The van der Waals surface area contributed by atoms with Crippen LogP contribution in [0.15, 0.2) is 0 Å². The van der Waals surface area contributed by atoms with Gasteiger partial charge in [-0.1, -0.05) is 6.92 Å². The molecule has 0 aromatic heterocycles. The lowest BCUT2D eigenvalue weighted by Crippen LogP contribution is -2.25. The minimum Gasteiger partial charge on any atom is -0.303 e. The Bertz CT molecular complexity index is 144. The van der Waals surface area contributed by atoms with Crippen molar-refractivity contribution < 1.29 is 13.2 Å². The van der Waals surface area contributed by atoms with Crippen LogP contribution < -0.4 is 0 Å². The maximum Gasteiger partial charge on any atom is 0.390 e. The molecule has 1 unspecified atom stereocenters. The highest BCUT2D eigenvalue weighted by molar-refractivity contribution is 4.72. The molecule has 1 rings (SSSR count). The second kappa shape index (κ2) is 3.64. The van der Waals surface area contributed by atoms with Gasteiger partial charge in [0.15, 0.2) is 0 Å². The molecule has 0 amide bonds. The average Bonchev–Trinajstić information content (AvgIpc) is 2.30. The molecule has 0 spiro atoms. The van der Waals surface area contributed by atoms with Crippen LogP contribution in [0.5, 0.6) is 0 Å². The van der Waals surface area contributed by atoms with E-state index in [1.807, 2.05) is 4.90 Å². The van der Waals surface area contributed by atoms with Crippen molar-refractivity contribution in [1.82, 2.24) is 4.90 Å². The second-order valence-electron chi connectivity index (χ2n) is 3.56. The predicted molar refractivity (Wildman–Crippen MR) is 40.9 cm³/mol. The number of likely N-dealkylation sites (tertiary alicyclic amines) is 1. The molecule has 0 aromatic rings. The van der Waals surface area contributed by atoms with Crippen LogP contribution in [0.25, 0.3) is 0 Å². The lowest BCUT2D eigenvalue weighted by atomic mass is 10.2. The van der Waals surface area contributed by atoms with Gasteiger partial charge in [-0.25, -0.2) is 0 Å². The summed E-state index contributed by atoms with van der Waals surface area (Å²) >= 11 is 0. The fraction of sp³-hybridized carbons (Fsp3) is 1.00. The van der Waals surface area contributed by atoms with E-state index >= 15 is 0 Å². The van der Waals surface area contributed by atoms with Gasteiger partial charge in [-0.15, -0.1) is 0 Å². The molecule has 0 aliphatic carbocycles. The van der Waals surface area contributed by atoms with Gasteiger partial charge in [-0.3, -0.25) is 0 Å². The van der Waals surface area contributed by atoms with Gasteiger partial charge in [-0.05, 0) is 18.9 Å². The van der Waals surface area contributed by atoms with Crippen LogP contribution in [-0.4, -0.2) is 30.7 Å². The van der Waals surface area contributed by atoms with Crippen molar-refractivity contribution in [3.8, 4) is 0 Å². The molecule has 72 valence electrons. The monoisotopic (exact) mass is 181 g/mol. The fourth-order valence-electron chi connectivity index (χ4n) is 1.51. The van der Waals surface area contributed by atoms with Gasteiger partial charge in [0.1, 0.15) is 0 Å². The van der Waals surface area contributed by atoms with E-state index in [0.29, 0.717) is 5.92 Å². The Morgan fingerprint density at radius 3 is 2.50 bits per heavy atom. The Labute approximate surface area is 70.5 Å². The summed E-state index contributed by atoms with van der Waals surface area (Å²) in [6.45, 7) is 3.91. The van der Waals surface area contributed by atoms with E-state index in [1.165, 1.54) is 0 Å². The summed E-state index contributed by atoms with van der Waals surface area (Å²) in [7, 11) is 0. The molecule has 1 saturated heterocycles. The molecule has 1 aliphatic heterocycles. The average molecular weight is 181 g/mol. The summed E-state index contributed by atoms with van der Waals surface area (Å²) < 4.78 is 35.3. The van der Waals surface area contributed by atoms with Crippen LogP contribution in [0.3, 0.4) is 0 Å². The van der Waals surface area contributed by atoms with Crippen LogP contribution in [0.2, 0.25) is 0 Å². The normalized spacial score (nSPS) is 26.5. The van der Waals surface area contributed by atoms with Gasteiger partial charge in [0, 0.05) is 13.1 Å². The van der Waals surface area contributed by atoms with Crippen LogP contribution in [0.1, 0.15) is 19.8 Å². The zero-order valence-electron chi connectivity index (χ0n) is 7.19. The minimum absolute atomic E-state index is 0.174. The molecule has 4 heteroatoms. The molecule has 0 bridgehead atoms. The van der Waals surface area contributed by atoms with E-state index < -0.39 is 12.6 Å². The van der Waals surface area contributed by atoms with Crippen LogP contribution >= 0.6 is 0 Å². The van der Waals surface area contributed by atoms with E-state index in [0.717, 1.165) is 19.5 Å². The first-order chi connectivity index (χ1) is 5.47. The topological polar surface area (TPSA) is 3.24 Å². The van der Waals surface area contributed by atoms with Crippen LogP contribution in [0, 0.1) is 5.92 Å². The highest BCUT2D eigenvalue weighted by Crippen LogP contribution is 2.22. The zero-order chi connectivity index (χ0) is 9.19. The Morgan fingerprint density at radius 1 is 1.42 bits per heavy atom. The molecule has 0 saturated carbocycles. The summed E-state index contributed by atoms with van der Waals surface area (Å²) in [6, 6.07) is 0. The predicted octanol–water partition coefficient (Wildman–Crippen LogP) is 2.28. The molecule has 1 aliphatic rings. The van der Waals surface area contributed by atoms with Crippen LogP contribution in [0.4, 0.5) is 13.2 Å². The summed E-state index contributed by atoms with van der Waals surface area (Å²) in [4.78, 5) is 1.89. The number of hydrogen-bond acceptors (Lipinski definition) is 1. The number of nitrogens with zero attached hydrogens (tertiary/aromatic N) is 1. The van der Waals surface area contributed by atoms with Gasteiger partial charge < -0.3 is 4.90 Å². The van der Waals surface area contributed by atoms with Crippen molar-refractivity contribution >= 4 is 0 Å². The van der Waals surface area contributed by atoms with Gasteiger partial charge in [0.25, 0.3) is 0 Å².